The molecular weight excluding hydrogens is 352 g/mol. The van der Waals surface area contributed by atoms with Crippen LogP contribution in [0.2, 0.25) is 0 Å². The van der Waals surface area contributed by atoms with E-state index in [1.165, 1.54) is 35.1 Å². The number of esters is 1. The van der Waals surface area contributed by atoms with Crippen LogP contribution in [0.15, 0.2) is 35.5 Å². The smallest absolute Gasteiger partial charge is 0.356 e. The fourth-order valence-corrected chi connectivity index (χ4v) is 3.35. The molecule has 0 aliphatic heterocycles. The molecule has 0 atom stereocenters. The third-order valence-electron chi connectivity index (χ3n) is 3.00. The summed E-state index contributed by atoms with van der Waals surface area (Å²) < 4.78 is 8.14. The molecule has 4 heterocycles. The van der Waals surface area contributed by atoms with Gasteiger partial charge in [-0.2, -0.15) is 0 Å². The molecule has 124 valence electrons. The molecule has 0 bridgehead atoms. The van der Waals surface area contributed by atoms with Gasteiger partial charge >= 0.3 is 11.9 Å². The summed E-state index contributed by atoms with van der Waals surface area (Å²) in [6.07, 6.45) is 6.38. The number of hydrogen-bond acceptors (Lipinski definition) is 7. The summed E-state index contributed by atoms with van der Waals surface area (Å²) in [6.45, 7) is 2.17. The third-order valence-corrected chi connectivity index (χ3v) is 4.54. The second kappa shape index (κ2) is 6.81. The number of aromatic carboxylic acids is 1. The SMILES string of the molecule is CCOC(=O)c1cnc2sccn12.O=C(O)c1cnc2sccn12. The number of thiazole rings is 2. The molecular formula is C14H12N4O4S2. The van der Waals surface area contributed by atoms with Crippen LogP contribution in [0.5, 0.6) is 0 Å². The van der Waals surface area contributed by atoms with Crippen molar-refractivity contribution >= 4 is 44.5 Å². The summed E-state index contributed by atoms with van der Waals surface area (Å²) in [5.41, 5.74) is 0.694. The molecule has 0 saturated heterocycles. The van der Waals surface area contributed by atoms with E-state index in [1.54, 1.807) is 33.5 Å². The van der Waals surface area contributed by atoms with E-state index in [0.717, 1.165) is 4.96 Å². The van der Waals surface area contributed by atoms with Gasteiger partial charge in [0, 0.05) is 23.2 Å². The Morgan fingerprint density at radius 1 is 1.08 bits per heavy atom. The van der Waals surface area contributed by atoms with Crippen LogP contribution in [0.3, 0.4) is 0 Å². The van der Waals surface area contributed by atoms with Gasteiger partial charge in [0.05, 0.1) is 19.0 Å². The van der Waals surface area contributed by atoms with Crippen molar-refractivity contribution in [1.29, 1.82) is 0 Å². The molecule has 0 aromatic carbocycles. The van der Waals surface area contributed by atoms with Crippen molar-refractivity contribution in [3.05, 3.63) is 46.9 Å². The van der Waals surface area contributed by atoms with Gasteiger partial charge in [-0.3, -0.25) is 8.80 Å². The van der Waals surface area contributed by atoms with Gasteiger partial charge in [0.25, 0.3) is 0 Å². The van der Waals surface area contributed by atoms with Crippen molar-refractivity contribution < 1.29 is 19.4 Å². The van der Waals surface area contributed by atoms with E-state index in [1.807, 2.05) is 5.38 Å². The lowest BCUT2D eigenvalue weighted by Crippen LogP contribution is -2.06. The number of ether oxygens (including phenoxy) is 1. The Balaban J connectivity index is 0.000000143. The number of carbonyl (C=O) groups is 2. The quantitative estimate of drug-likeness (QED) is 0.561. The van der Waals surface area contributed by atoms with Crippen molar-refractivity contribution in [2.45, 2.75) is 6.92 Å². The number of hydrogen-bond donors (Lipinski definition) is 1. The molecule has 4 aromatic heterocycles. The average Bonchev–Trinajstić information content (AvgIpc) is 3.28. The maximum absolute atomic E-state index is 11.3. The first-order valence-electron chi connectivity index (χ1n) is 6.83. The highest BCUT2D eigenvalue weighted by Gasteiger charge is 2.12. The minimum absolute atomic E-state index is 0.209. The number of aromatic nitrogens is 4. The Kier molecular flexibility index (Phi) is 4.58. The summed E-state index contributed by atoms with van der Waals surface area (Å²) in [5, 5.41) is 12.3. The van der Waals surface area contributed by atoms with E-state index in [9.17, 15) is 9.59 Å². The van der Waals surface area contributed by atoms with Gasteiger partial charge in [0.1, 0.15) is 0 Å². The molecule has 0 fully saturated rings. The Morgan fingerprint density at radius 2 is 1.62 bits per heavy atom. The number of fused-ring (bicyclic) bond motifs is 2. The van der Waals surface area contributed by atoms with E-state index in [0.29, 0.717) is 17.3 Å². The van der Waals surface area contributed by atoms with Crippen molar-refractivity contribution in [3.8, 4) is 0 Å². The summed E-state index contributed by atoms with van der Waals surface area (Å²) in [5.74, 6) is -1.27. The number of rotatable bonds is 3. The lowest BCUT2D eigenvalue weighted by atomic mass is 10.5. The molecule has 8 nitrogen and oxygen atoms in total. The number of imidazole rings is 2. The first-order chi connectivity index (χ1) is 11.6. The van der Waals surface area contributed by atoms with E-state index < -0.39 is 5.97 Å². The second-order valence-corrected chi connectivity index (χ2v) is 6.17. The first-order valence-corrected chi connectivity index (χ1v) is 8.59. The zero-order chi connectivity index (χ0) is 17.1. The summed E-state index contributed by atoms with van der Waals surface area (Å²) >= 11 is 2.90. The number of carboxylic acids is 1. The lowest BCUT2D eigenvalue weighted by molar-refractivity contribution is 0.0518. The number of carboxylic acid groups (broad SMARTS) is 1. The highest BCUT2D eigenvalue weighted by Crippen LogP contribution is 2.13. The topological polar surface area (TPSA) is 98.2 Å². The monoisotopic (exact) mass is 364 g/mol. The molecule has 1 N–H and O–H groups in total. The maximum Gasteiger partial charge on any atom is 0.356 e. The Morgan fingerprint density at radius 3 is 2.17 bits per heavy atom. The highest BCUT2D eigenvalue weighted by molar-refractivity contribution is 7.15. The van der Waals surface area contributed by atoms with Gasteiger partial charge in [-0.05, 0) is 6.92 Å². The van der Waals surface area contributed by atoms with Crippen LogP contribution in [0.1, 0.15) is 27.9 Å². The molecule has 10 heteroatoms. The minimum Gasteiger partial charge on any atom is -0.477 e. The van der Waals surface area contributed by atoms with Gasteiger partial charge in [-0.25, -0.2) is 19.6 Å². The van der Waals surface area contributed by atoms with Gasteiger partial charge in [-0.15, -0.1) is 22.7 Å². The van der Waals surface area contributed by atoms with Crippen LogP contribution in [0.4, 0.5) is 0 Å². The van der Waals surface area contributed by atoms with Gasteiger partial charge in [0.15, 0.2) is 21.3 Å². The molecule has 4 aromatic rings. The average molecular weight is 364 g/mol. The van der Waals surface area contributed by atoms with Crippen LogP contribution in [-0.4, -0.2) is 42.4 Å². The lowest BCUT2D eigenvalue weighted by Gasteiger charge is -1.98. The highest BCUT2D eigenvalue weighted by atomic mass is 32.1. The van der Waals surface area contributed by atoms with Gasteiger partial charge in [-0.1, -0.05) is 0 Å². The Bertz CT molecular complexity index is 997. The molecule has 4 rings (SSSR count). The molecule has 0 amide bonds. The molecule has 24 heavy (non-hydrogen) atoms. The summed E-state index contributed by atoms with van der Waals surface area (Å²) in [6, 6.07) is 0. The predicted octanol–water partition coefficient (Wildman–Crippen LogP) is 2.67. The fraction of sp³-hybridized carbons (Fsp3) is 0.143. The van der Waals surface area contributed by atoms with Gasteiger partial charge in [0.2, 0.25) is 0 Å². The largest absolute Gasteiger partial charge is 0.477 e. The normalized spacial score (nSPS) is 10.5. The Hall–Kier alpha value is -2.72. The fourth-order valence-electron chi connectivity index (χ4n) is 1.97. The number of carbonyl (C=O) groups excluding carboxylic acids is 1. The molecule has 0 radical (unpaired) electrons. The van der Waals surface area contributed by atoms with Crippen molar-refractivity contribution in [2.75, 3.05) is 6.61 Å². The van der Waals surface area contributed by atoms with E-state index in [2.05, 4.69) is 9.97 Å². The van der Waals surface area contributed by atoms with Crippen LogP contribution >= 0.6 is 22.7 Å². The maximum atomic E-state index is 11.3. The first kappa shape index (κ1) is 16.1. The summed E-state index contributed by atoms with van der Waals surface area (Å²) in [7, 11) is 0. The van der Waals surface area contributed by atoms with Gasteiger partial charge < -0.3 is 9.84 Å². The van der Waals surface area contributed by atoms with E-state index >= 15 is 0 Å². The van der Waals surface area contributed by atoms with Crippen LogP contribution in [-0.2, 0) is 4.74 Å². The van der Waals surface area contributed by atoms with E-state index in [-0.39, 0.29) is 11.7 Å². The van der Waals surface area contributed by atoms with Crippen LogP contribution in [0.25, 0.3) is 9.92 Å². The second-order valence-electron chi connectivity index (χ2n) is 4.42. The van der Waals surface area contributed by atoms with Crippen molar-refractivity contribution in [3.63, 3.8) is 0 Å². The molecule has 0 aliphatic carbocycles. The zero-order valence-corrected chi connectivity index (χ0v) is 14.1. The third kappa shape index (κ3) is 3.01. The van der Waals surface area contributed by atoms with Crippen LogP contribution in [0, 0.1) is 0 Å². The predicted molar refractivity (Wildman–Crippen MR) is 89.1 cm³/mol. The Labute approximate surface area is 143 Å². The molecule has 0 spiro atoms. The summed E-state index contributed by atoms with van der Waals surface area (Å²) in [4.78, 5) is 31.3. The molecule has 0 saturated carbocycles. The minimum atomic E-state index is -0.948. The van der Waals surface area contributed by atoms with E-state index in [4.69, 9.17) is 9.84 Å². The molecule has 0 aliphatic rings. The number of nitrogens with zero attached hydrogens (tertiary/aromatic N) is 4. The van der Waals surface area contributed by atoms with Crippen molar-refractivity contribution in [1.82, 2.24) is 18.8 Å². The van der Waals surface area contributed by atoms with Crippen molar-refractivity contribution in [2.24, 2.45) is 0 Å². The standard InChI is InChI=1S/C8H8N2O2S.C6H4N2O2S/c1-2-12-7(11)6-5-9-8-10(6)3-4-13-8;9-5(10)4-3-7-6-8(4)1-2-11-6/h3-5H,2H2,1H3;1-3H,(H,9,10). The van der Waals surface area contributed by atoms with Crippen LogP contribution < -0.4 is 0 Å². The molecule has 0 unspecified atom stereocenters. The zero-order valence-electron chi connectivity index (χ0n) is 12.4.